The van der Waals surface area contributed by atoms with E-state index in [2.05, 4.69) is 17.2 Å². The summed E-state index contributed by atoms with van der Waals surface area (Å²) in [6.45, 7) is 3.74. The molecule has 1 atom stereocenters. The molecule has 7 heteroatoms. The van der Waals surface area contributed by atoms with E-state index in [-0.39, 0.29) is 18.6 Å². The zero-order valence-corrected chi connectivity index (χ0v) is 14.0. The van der Waals surface area contributed by atoms with E-state index >= 15 is 0 Å². The molecule has 1 saturated heterocycles. The molecule has 1 aromatic heterocycles. The van der Waals surface area contributed by atoms with Crippen LogP contribution in [0.2, 0.25) is 0 Å². The Balaban J connectivity index is 1.81. The molecule has 0 spiro atoms. The van der Waals surface area contributed by atoms with Gasteiger partial charge in [0.25, 0.3) is 0 Å². The molecule has 7 nitrogen and oxygen atoms in total. The highest BCUT2D eigenvalue weighted by molar-refractivity contribution is 5.81. The molecular formula is C16H29N5O2. The number of likely N-dealkylation sites (tertiary alicyclic amines) is 1. The Hall–Kier alpha value is -1.47. The van der Waals surface area contributed by atoms with Crippen LogP contribution in [0.1, 0.15) is 57.2 Å². The number of hydrogen-bond donors (Lipinski definition) is 2. The minimum atomic E-state index is -0.358. The van der Waals surface area contributed by atoms with Crippen LogP contribution in [-0.4, -0.2) is 56.6 Å². The van der Waals surface area contributed by atoms with Crippen molar-refractivity contribution < 1.29 is 9.90 Å². The van der Waals surface area contributed by atoms with E-state index in [4.69, 9.17) is 10.8 Å². The summed E-state index contributed by atoms with van der Waals surface area (Å²) in [4.78, 5) is 14.2. The lowest BCUT2D eigenvalue weighted by molar-refractivity contribution is -0.134. The first-order valence-electron chi connectivity index (χ1n) is 8.71. The van der Waals surface area contributed by atoms with Gasteiger partial charge in [-0.1, -0.05) is 25.0 Å². The number of nitrogens with two attached hydrogens (primary N) is 1. The molecule has 0 saturated carbocycles. The lowest BCUT2D eigenvalue weighted by Crippen LogP contribution is -2.47. The standard InChI is InChI=1S/C16H29N5O2/c1-2-3-6-15(17)16(23)20-9-7-14(8-10-20)21-12-13(18-19-21)5-4-11-22/h12,14-15,22H,2-11,17H2,1H3/t15-/m1/s1. The Bertz CT molecular complexity index is 483. The SMILES string of the molecule is CCCC[C@@H](N)C(=O)N1CCC(n2cc(CCCO)nn2)CC1. The fraction of sp³-hybridized carbons (Fsp3) is 0.812. The number of nitrogens with zero attached hydrogens (tertiary/aromatic N) is 4. The average molecular weight is 323 g/mol. The fourth-order valence-corrected chi connectivity index (χ4v) is 3.00. The molecule has 3 N–H and O–H groups in total. The number of aromatic nitrogens is 3. The second-order valence-electron chi connectivity index (χ2n) is 6.32. The molecule has 1 aliphatic rings. The summed E-state index contributed by atoms with van der Waals surface area (Å²) < 4.78 is 1.91. The van der Waals surface area contributed by atoms with E-state index in [1.54, 1.807) is 0 Å². The highest BCUT2D eigenvalue weighted by atomic mass is 16.3. The predicted octanol–water partition coefficient (Wildman–Crippen LogP) is 0.884. The quantitative estimate of drug-likeness (QED) is 0.740. The molecule has 0 unspecified atom stereocenters. The van der Waals surface area contributed by atoms with E-state index in [9.17, 15) is 4.79 Å². The topological polar surface area (TPSA) is 97.3 Å². The van der Waals surface area contributed by atoms with Crippen LogP contribution in [0.15, 0.2) is 6.20 Å². The van der Waals surface area contributed by atoms with E-state index in [1.807, 2.05) is 15.8 Å². The number of amides is 1. The van der Waals surface area contributed by atoms with Crippen LogP contribution in [0.25, 0.3) is 0 Å². The number of rotatable bonds is 8. The average Bonchev–Trinajstić information content (AvgIpc) is 3.06. The lowest BCUT2D eigenvalue weighted by atomic mass is 10.0. The van der Waals surface area contributed by atoms with Crippen LogP contribution in [0.4, 0.5) is 0 Å². The van der Waals surface area contributed by atoms with Crippen molar-refractivity contribution in [2.75, 3.05) is 19.7 Å². The maximum atomic E-state index is 12.3. The van der Waals surface area contributed by atoms with Gasteiger partial charge in [0.15, 0.2) is 0 Å². The molecule has 130 valence electrons. The van der Waals surface area contributed by atoms with Crippen molar-refractivity contribution in [2.24, 2.45) is 5.73 Å². The maximum absolute atomic E-state index is 12.3. The van der Waals surface area contributed by atoms with Crippen molar-refractivity contribution in [3.05, 3.63) is 11.9 Å². The number of hydrogen-bond acceptors (Lipinski definition) is 5. The van der Waals surface area contributed by atoms with Gasteiger partial charge in [0.05, 0.1) is 17.8 Å². The second kappa shape index (κ2) is 8.98. The summed E-state index contributed by atoms with van der Waals surface area (Å²) >= 11 is 0. The molecule has 0 radical (unpaired) electrons. The van der Waals surface area contributed by atoms with Gasteiger partial charge in [0.2, 0.25) is 5.91 Å². The predicted molar refractivity (Wildman–Crippen MR) is 87.8 cm³/mol. The zero-order valence-electron chi connectivity index (χ0n) is 14.0. The maximum Gasteiger partial charge on any atom is 0.239 e. The van der Waals surface area contributed by atoms with Crippen molar-refractivity contribution in [3.63, 3.8) is 0 Å². The third-order valence-corrected chi connectivity index (χ3v) is 4.48. The number of unbranched alkanes of at least 4 members (excludes halogenated alkanes) is 1. The fourth-order valence-electron chi connectivity index (χ4n) is 3.00. The Kier molecular flexibility index (Phi) is 6.98. The van der Waals surface area contributed by atoms with Crippen LogP contribution >= 0.6 is 0 Å². The van der Waals surface area contributed by atoms with Gasteiger partial charge in [0, 0.05) is 25.9 Å². The largest absolute Gasteiger partial charge is 0.396 e. The van der Waals surface area contributed by atoms with Crippen LogP contribution in [0.3, 0.4) is 0 Å². The summed E-state index contributed by atoms with van der Waals surface area (Å²) in [5.74, 6) is 0.0825. The molecule has 23 heavy (non-hydrogen) atoms. The van der Waals surface area contributed by atoms with Crippen LogP contribution < -0.4 is 5.73 Å². The van der Waals surface area contributed by atoms with Gasteiger partial charge in [-0.15, -0.1) is 5.10 Å². The zero-order chi connectivity index (χ0) is 16.7. The molecule has 2 rings (SSSR count). The molecule has 0 aliphatic carbocycles. The van der Waals surface area contributed by atoms with Crippen LogP contribution in [-0.2, 0) is 11.2 Å². The summed E-state index contributed by atoms with van der Waals surface area (Å²) in [5, 5.41) is 17.2. The number of aryl methyl sites for hydroxylation is 1. The number of carbonyl (C=O) groups excluding carboxylic acids is 1. The van der Waals surface area contributed by atoms with Gasteiger partial charge in [-0.3, -0.25) is 4.79 Å². The van der Waals surface area contributed by atoms with Crippen molar-refractivity contribution in [3.8, 4) is 0 Å². The molecule has 1 fully saturated rings. The highest BCUT2D eigenvalue weighted by Crippen LogP contribution is 2.22. The van der Waals surface area contributed by atoms with Gasteiger partial charge in [-0.05, 0) is 32.1 Å². The normalized spacial score (nSPS) is 17.4. The summed E-state index contributed by atoms with van der Waals surface area (Å²) in [6.07, 6.45) is 8.02. The summed E-state index contributed by atoms with van der Waals surface area (Å²) in [7, 11) is 0. The first-order valence-corrected chi connectivity index (χ1v) is 8.71. The highest BCUT2D eigenvalue weighted by Gasteiger charge is 2.27. The van der Waals surface area contributed by atoms with Gasteiger partial charge < -0.3 is 15.7 Å². The van der Waals surface area contributed by atoms with Crippen LogP contribution in [0.5, 0.6) is 0 Å². The first kappa shape index (κ1) is 17.9. The van der Waals surface area contributed by atoms with Crippen molar-refractivity contribution in [1.82, 2.24) is 19.9 Å². The number of aliphatic hydroxyl groups is 1. The molecule has 0 aromatic carbocycles. The number of piperidine rings is 1. The van der Waals surface area contributed by atoms with Gasteiger partial charge in [0.1, 0.15) is 0 Å². The number of carbonyl (C=O) groups is 1. The van der Waals surface area contributed by atoms with E-state index in [0.29, 0.717) is 12.5 Å². The van der Waals surface area contributed by atoms with Gasteiger partial charge in [-0.2, -0.15) is 0 Å². The minimum absolute atomic E-state index is 0.0825. The van der Waals surface area contributed by atoms with Crippen molar-refractivity contribution >= 4 is 5.91 Å². The van der Waals surface area contributed by atoms with Crippen molar-refractivity contribution in [1.29, 1.82) is 0 Å². The second-order valence-corrected chi connectivity index (χ2v) is 6.32. The summed E-state index contributed by atoms with van der Waals surface area (Å²) in [6, 6.07) is -0.0655. The molecule has 1 aliphatic heterocycles. The van der Waals surface area contributed by atoms with E-state index in [0.717, 1.165) is 57.3 Å². The Labute approximate surface area is 137 Å². The Morgan fingerprint density at radius 3 is 2.83 bits per heavy atom. The molecule has 1 amide bonds. The Morgan fingerprint density at radius 1 is 1.43 bits per heavy atom. The third-order valence-electron chi connectivity index (χ3n) is 4.48. The molecule has 2 heterocycles. The minimum Gasteiger partial charge on any atom is -0.396 e. The summed E-state index contributed by atoms with van der Waals surface area (Å²) in [5.41, 5.74) is 6.91. The first-order chi connectivity index (χ1) is 11.2. The van der Waals surface area contributed by atoms with Gasteiger partial charge in [-0.25, -0.2) is 4.68 Å². The molecule has 0 bridgehead atoms. The monoisotopic (exact) mass is 323 g/mol. The molecule has 1 aromatic rings. The van der Waals surface area contributed by atoms with E-state index in [1.165, 1.54) is 0 Å². The van der Waals surface area contributed by atoms with Crippen LogP contribution in [0, 0.1) is 0 Å². The smallest absolute Gasteiger partial charge is 0.239 e. The van der Waals surface area contributed by atoms with Gasteiger partial charge >= 0.3 is 0 Å². The van der Waals surface area contributed by atoms with E-state index < -0.39 is 0 Å². The molecular weight excluding hydrogens is 294 g/mol. The number of aliphatic hydroxyl groups excluding tert-OH is 1. The van der Waals surface area contributed by atoms with Crippen molar-refractivity contribution in [2.45, 2.75) is 64.0 Å². The third kappa shape index (κ3) is 5.00. The Morgan fingerprint density at radius 2 is 2.17 bits per heavy atom. The lowest BCUT2D eigenvalue weighted by Gasteiger charge is -2.33.